The van der Waals surface area contributed by atoms with Crippen molar-refractivity contribution in [2.45, 2.75) is 13.0 Å². The predicted molar refractivity (Wildman–Crippen MR) is 110 cm³/mol. The second-order valence-corrected chi connectivity index (χ2v) is 6.62. The number of Topliss-reactive ketones (excluding diaryl/α,β-unsaturated/α-hetero) is 1. The van der Waals surface area contributed by atoms with E-state index in [0.29, 0.717) is 16.8 Å². The first kappa shape index (κ1) is 18.4. The lowest BCUT2D eigenvalue weighted by Gasteiger charge is -2.19. The Balaban J connectivity index is 1.89. The maximum absolute atomic E-state index is 13.3. The Morgan fingerprint density at radius 1 is 1.00 bits per heavy atom. The number of hydrogen-bond acceptors (Lipinski definition) is 6. The topological polar surface area (TPSA) is 92.4 Å². The van der Waals surface area contributed by atoms with E-state index in [0.717, 1.165) is 5.69 Å². The largest absolute Gasteiger partial charge is 0.507 e. The number of nitrogens with one attached hydrogen (secondary N) is 1. The molecule has 1 atom stereocenters. The molecule has 0 radical (unpaired) electrons. The van der Waals surface area contributed by atoms with E-state index >= 15 is 0 Å². The quantitative estimate of drug-likeness (QED) is 0.394. The van der Waals surface area contributed by atoms with Gasteiger partial charge in [0.15, 0.2) is 5.78 Å². The van der Waals surface area contributed by atoms with Crippen LogP contribution in [0, 0.1) is 6.92 Å². The van der Waals surface area contributed by atoms with Crippen LogP contribution in [0.1, 0.15) is 27.7 Å². The van der Waals surface area contributed by atoms with Gasteiger partial charge < -0.3 is 14.8 Å². The highest BCUT2D eigenvalue weighted by atomic mass is 16.4. The van der Waals surface area contributed by atoms with Crippen LogP contribution in [0.3, 0.4) is 0 Å². The van der Waals surface area contributed by atoms with Crippen molar-refractivity contribution >= 4 is 22.6 Å². The van der Waals surface area contributed by atoms with Crippen molar-refractivity contribution in [2.75, 3.05) is 5.32 Å². The summed E-state index contributed by atoms with van der Waals surface area (Å²) in [6, 6.07) is 19.3. The van der Waals surface area contributed by atoms with Gasteiger partial charge >= 0.3 is 5.63 Å². The Labute approximate surface area is 166 Å². The monoisotopic (exact) mass is 386 g/mol. The van der Waals surface area contributed by atoms with Crippen molar-refractivity contribution in [1.82, 2.24) is 4.98 Å². The average molecular weight is 386 g/mol. The number of nitrogens with zero attached hydrogens (tertiary/aromatic N) is 1. The molecule has 0 bridgehead atoms. The van der Waals surface area contributed by atoms with E-state index in [1.807, 2.05) is 13.0 Å². The molecule has 0 saturated carbocycles. The standard InChI is InChI=1S/C23H18N2O4/c1-14-8-7-13-18(24-14)25-20(21(26)15-9-3-2-4-10-15)19-22(27)16-11-5-6-12-17(16)29-23(19)28/h2-13,20,27H,1H3,(H,24,25). The van der Waals surface area contributed by atoms with Crippen molar-refractivity contribution < 1.29 is 14.3 Å². The van der Waals surface area contributed by atoms with Gasteiger partial charge in [0, 0.05) is 11.3 Å². The van der Waals surface area contributed by atoms with Gasteiger partial charge in [0.1, 0.15) is 28.8 Å². The molecule has 0 aliphatic rings. The second-order valence-electron chi connectivity index (χ2n) is 6.62. The van der Waals surface area contributed by atoms with Crippen molar-refractivity contribution in [3.8, 4) is 5.75 Å². The Hall–Kier alpha value is -3.93. The third kappa shape index (κ3) is 3.60. The maximum atomic E-state index is 13.3. The van der Waals surface area contributed by atoms with Gasteiger partial charge in [0.25, 0.3) is 0 Å². The molecular formula is C23H18N2O4. The molecule has 4 aromatic rings. The lowest BCUT2D eigenvalue weighted by atomic mass is 9.96. The molecule has 2 heterocycles. The van der Waals surface area contributed by atoms with E-state index in [1.165, 1.54) is 0 Å². The number of benzene rings is 2. The summed E-state index contributed by atoms with van der Waals surface area (Å²) in [6.07, 6.45) is 0. The summed E-state index contributed by atoms with van der Waals surface area (Å²) in [5.74, 6) is -0.260. The summed E-state index contributed by atoms with van der Waals surface area (Å²) in [7, 11) is 0. The zero-order valence-corrected chi connectivity index (χ0v) is 15.6. The molecule has 0 aliphatic carbocycles. The minimum atomic E-state index is -1.17. The molecule has 144 valence electrons. The number of anilines is 1. The van der Waals surface area contributed by atoms with Crippen LogP contribution in [0.15, 0.2) is 82.0 Å². The summed E-state index contributed by atoms with van der Waals surface area (Å²) in [5, 5.41) is 14.2. The van der Waals surface area contributed by atoms with E-state index in [-0.39, 0.29) is 22.7 Å². The van der Waals surface area contributed by atoms with E-state index in [1.54, 1.807) is 66.7 Å². The molecule has 2 N–H and O–H groups in total. The van der Waals surface area contributed by atoms with Crippen molar-refractivity contribution in [3.63, 3.8) is 0 Å². The first-order chi connectivity index (χ1) is 14.0. The zero-order valence-electron chi connectivity index (χ0n) is 15.6. The highest BCUT2D eigenvalue weighted by Crippen LogP contribution is 2.33. The number of fused-ring (bicyclic) bond motifs is 1. The molecule has 29 heavy (non-hydrogen) atoms. The molecule has 4 rings (SSSR count). The fourth-order valence-corrected chi connectivity index (χ4v) is 3.21. The number of aryl methyl sites for hydroxylation is 1. The lowest BCUT2D eigenvalue weighted by molar-refractivity contribution is 0.0966. The van der Waals surface area contributed by atoms with Crippen LogP contribution in [-0.2, 0) is 0 Å². The molecule has 2 aromatic carbocycles. The molecule has 6 heteroatoms. The Kier molecular flexibility index (Phi) is 4.83. The van der Waals surface area contributed by atoms with Crippen LogP contribution in [0.4, 0.5) is 5.82 Å². The SMILES string of the molecule is Cc1cccc(NC(C(=O)c2ccccc2)c2c(O)c3ccccc3oc2=O)n1. The third-order valence-corrected chi connectivity index (χ3v) is 4.61. The summed E-state index contributed by atoms with van der Waals surface area (Å²) < 4.78 is 5.37. The molecule has 6 nitrogen and oxygen atoms in total. The van der Waals surface area contributed by atoms with Gasteiger partial charge in [-0.05, 0) is 31.2 Å². The van der Waals surface area contributed by atoms with E-state index in [4.69, 9.17) is 4.42 Å². The molecule has 0 amide bonds. The molecule has 0 aliphatic heterocycles. The number of aromatic nitrogens is 1. The minimum absolute atomic E-state index is 0.152. The highest BCUT2D eigenvalue weighted by Gasteiger charge is 2.30. The number of rotatable bonds is 5. The number of pyridine rings is 1. The van der Waals surface area contributed by atoms with Gasteiger partial charge in [-0.3, -0.25) is 4.79 Å². The maximum Gasteiger partial charge on any atom is 0.345 e. The number of ketones is 1. The van der Waals surface area contributed by atoms with Gasteiger partial charge in [-0.2, -0.15) is 0 Å². The lowest BCUT2D eigenvalue weighted by Crippen LogP contribution is -2.27. The zero-order chi connectivity index (χ0) is 20.4. The highest BCUT2D eigenvalue weighted by molar-refractivity contribution is 6.03. The fourth-order valence-electron chi connectivity index (χ4n) is 3.21. The molecular weight excluding hydrogens is 368 g/mol. The van der Waals surface area contributed by atoms with Crippen molar-refractivity contribution in [2.24, 2.45) is 0 Å². The molecule has 0 saturated heterocycles. The summed E-state index contributed by atoms with van der Waals surface area (Å²) in [6.45, 7) is 1.82. The van der Waals surface area contributed by atoms with Gasteiger partial charge in [0.05, 0.1) is 5.39 Å². The first-order valence-electron chi connectivity index (χ1n) is 9.09. The molecule has 0 fully saturated rings. The number of carbonyl (C=O) groups is 1. The Morgan fingerprint density at radius 2 is 1.72 bits per heavy atom. The molecule has 0 spiro atoms. The van der Waals surface area contributed by atoms with Crippen LogP contribution in [-0.4, -0.2) is 15.9 Å². The molecule has 2 aromatic heterocycles. The number of hydrogen-bond donors (Lipinski definition) is 2. The third-order valence-electron chi connectivity index (χ3n) is 4.61. The number of carbonyl (C=O) groups excluding carboxylic acids is 1. The van der Waals surface area contributed by atoms with Crippen LogP contribution in [0.2, 0.25) is 0 Å². The summed E-state index contributed by atoms with van der Waals surface area (Å²) in [5.41, 5.74) is 0.454. The van der Waals surface area contributed by atoms with Crippen LogP contribution in [0.25, 0.3) is 11.0 Å². The predicted octanol–water partition coefficient (Wildman–Crippen LogP) is 4.24. The number of aromatic hydroxyl groups is 1. The van der Waals surface area contributed by atoms with E-state index in [2.05, 4.69) is 10.3 Å². The van der Waals surface area contributed by atoms with Crippen molar-refractivity contribution in [3.05, 3.63) is 100 Å². The smallest absolute Gasteiger partial charge is 0.345 e. The summed E-state index contributed by atoms with van der Waals surface area (Å²) >= 11 is 0. The van der Waals surface area contributed by atoms with Crippen LogP contribution in [0.5, 0.6) is 5.75 Å². The van der Waals surface area contributed by atoms with Gasteiger partial charge in [0.2, 0.25) is 0 Å². The molecule has 1 unspecified atom stereocenters. The van der Waals surface area contributed by atoms with E-state index in [9.17, 15) is 14.7 Å². The van der Waals surface area contributed by atoms with Crippen LogP contribution >= 0.6 is 0 Å². The summed E-state index contributed by atoms with van der Waals surface area (Å²) in [4.78, 5) is 30.4. The average Bonchev–Trinajstić information content (AvgIpc) is 2.73. The first-order valence-corrected chi connectivity index (χ1v) is 9.09. The van der Waals surface area contributed by atoms with Crippen LogP contribution < -0.4 is 10.9 Å². The fraction of sp³-hybridized carbons (Fsp3) is 0.0870. The van der Waals surface area contributed by atoms with Gasteiger partial charge in [-0.15, -0.1) is 0 Å². The Bertz CT molecular complexity index is 1250. The number of para-hydroxylation sites is 1. The minimum Gasteiger partial charge on any atom is -0.507 e. The van der Waals surface area contributed by atoms with Gasteiger partial charge in [-0.1, -0.05) is 48.5 Å². The second kappa shape index (κ2) is 7.59. The normalized spacial score (nSPS) is 11.9. The van der Waals surface area contributed by atoms with Gasteiger partial charge in [-0.25, -0.2) is 9.78 Å². The Morgan fingerprint density at radius 3 is 2.48 bits per heavy atom. The van der Waals surface area contributed by atoms with Crippen molar-refractivity contribution in [1.29, 1.82) is 0 Å². The van der Waals surface area contributed by atoms with E-state index < -0.39 is 11.7 Å².